The molecule has 4 N–H and O–H groups in total. The van der Waals surface area contributed by atoms with E-state index in [1.807, 2.05) is 12.1 Å². The molecule has 2 aliphatic heterocycles. The summed E-state index contributed by atoms with van der Waals surface area (Å²) in [4.78, 5) is 43.6. The van der Waals surface area contributed by atoms with Crippen LogP contribution in [0.15, 0.2) is 48.7 Å². The molecule has 1 aromatic heterocycles. The molecule has 11 nitrogen and oxygen atoms in total. The van der Waals surface area contributed by atoms with E-state index in [0.717, 1.165) is 28.5 Å². The first kappa shape index (κ1) is 33.8. The summed E-state index contributed by atoms with van der Waals surface area (Å²) < 4.78 is 2.27. The Morgan fingerprint density at radius 2 is 1.39 bits per heavy atom. The van der Waals surface area contributed by atoms with Gasteiger partial charge in [0, 0.05) is 73.1 Å². The molecule has 1 unspecified atom stereocenters. The fourth-order valence-corrected chi connectivity index (χ4v) is 5.39. The molecule has 2 aliphatic rings. The Labute approximate surface area is 247 Å². The number of halogens is 2. The highest BCUT2D eigenvalue weighted by Crippen LogP contribution is 2.29. The van der Waals surface area contributed by atoms with E-state index >= 15 is 0 Å². The number of unbranched alkanes of at least 4 members (excludes halogenated alkanes) is 1. The van der Waals surface area contributed by atoms with Gasteiger partial charge in [0.05, 0.1) is 10.5 Å². The predicted octanol–water partition coefficient (Wildman–Crippen LogP) is 4.32. The van der Waals surface area contributed by atoms with Gasteiger partial charge in [-0.1, -0.05) is 29.6 Å². The van der Waals surface area contributed by atoms with Gasteiger partial charge in [-0.25, -0.2) is 19.2 Å². The zero-order valence-electron chi connectivity index (χ0n) is 22.5. The maximum Gasteiger partial charge on any atom is 0.328 e. The molecule has 0 aliphatic carbocycles. The maximum absolute atomic E-state index is 9.55. The molecule has 41 heavy (non-hydrogen) atoms. The van der Waals surface area contributed by atoms with E-state index in [1.54, 1.807) is 0 Å². The summed E-state index contributed by atoms with van der Waals surface area (Å²) in [5, 5.41) is 33.8. The fourth-order valence-electron chi connectivity index (χ4n) is 4.77. The lowest BCUT2D eigenvalue weighted by atomic mass is 9.99. The van der Waals surface area contributed by atoms with Crippen LogP contribution >= 0.6 is 23.2 Å². The van der Waals surface area contributed by atoms with Crippen LogP contribution in [0.3, 0.4) is 0 Å². The van der Waals surface area contributed by atoms with Crippen LogP contribution in [0.1, 0.15) is 32.1 Å². The lowest BCUT2D eigenvalue weighted by molar-refractivity contribution is -0.134. The third kappa shape index (κ3) is 12.8. The molecule has 1 aromatic carbocycles. The Hall–Kier alpha value is -3.38. The van der Waals surface area contributed by atoms with E-state index in [1.165, 1.54) is 64.8 Å². The number of fused-ring (bicyclic) bond motifs is 2. The first-order valence-electron chi connectivity index (χ1n) is 13.1. The van der Waals surface area contributed by atoms with Crippen LogP contribution in [0, 0.1) is 0 Å². The largest absolute Gasteiger partial charge is 0.478 e. The highest BCUT2D eigenvalue weighted by Gasteiger charge is 2.28. The van der Waals surface area contributed by atoms with Crippen molar-refractivity contribution < 1.29 is 39.6 Å². The van der Waals surface area contributed by atoms with E-state index in [2.05, 4.69) is 26.6 Å². The zero-order valence-corrected chi connectivity index (χ0v) is 24.0. The number of aromatic nitrogens is 1. The van der Waals surface area contributed by atoms with Gasteiger partial charge < -0.3 is 29.9 Å². The number of hydrogen-bond donors (Lipinski definition) is 4. The summed E-state index contributed by atoms with van der Waals surface area (Å²) in [6.07, 6.45) is 11.0. The van der Waals surface area contributed by atoms with Crippen molar-refractivity contribution in [3.63, 3.8) is 0 Å². The summed E-state index contributed by atoms with van der Waals surface area (Å²) in [7, 11) is 0. The van der Waals surface area contributed by atoms with Crippen LogP contribution in [-0.4, -0.2) is 97.4 Å². The molecule has 0 spiro atoms. The van der Waals surface area contributed by atoms with Gasteiger partial charge in [-0.15, -0.1) is 0 Å². The number of nitrogens with zero attached hydrogens (tertiary/aromatic N) is 3. The zero-order chi connectivity index (χ0) is 30.4. The Morgan fingerprint density at radius 1 is 0.805 bits per heavy atom. The number of aryl methyl sites for hydroxylation is 1. The standard InChI is InChI=1S/C20H27Cl2N3.2C4H4O4/c21-17-13-16-6-10-25(20(16)19(22)14-17)9-4-3-7-23-11-12-24-8-2-1-5-18(24)15-23;2*5-3(6)1-2-4(7)8/h6,10,13-14,18H,1-5,7-9,11-12,15H2;2*1-2H,(H,5,6)(H,7,8). The van der Waals surface area contributed by atoms with Crippen LogP contribution in [0.2, 0.25) is 10.0 Å². The lowest BCUT2D eigenvalue weighted by Gasteiger charge is -2.44. The van der Waals surface area contributed by atoms with Crippen molar-refractivity contribution in [1.29, 1.82) is 0 Å². The summed E-state index contributed by atoms with van der Waals surface area (Å²) in [5.74, 6) is -5.03. The molecule has 1 atom stereocenters. The molecular formula is C28H35Cl2N3O8. The van der Waals surface area contributed by atoms with Crippen LogP contribution in [0.4, 0.5) is 0 Å². The number of carbonyl (C=O) groups is 4. The van der Waals surface area contributed by atoms with E-state index in [4.69, 9.17) is 43.6 Å². The second-order valence-corrected chi connectivity index (χ2v) is 10.4. The Kier molecular flexibility index (Phi) is 14.4. The Morgan fingerprint density at radius 3 is 1.98 bits per heavy atom. The van der Waals surface area contributed by atoms with E-state index in [9.17, 15) is 19.2 Å². The van der Waals surface area contributed by atoms with Gasteiger partial charge >= 0.3 is 23.9 Å². The van der Waals surface area contributed by atoms with Crippen molar-refractivity contribution in [3.05, 3.63) is 58.7 Å². The third-order valence-electron chi connectivity index (χ3n) is 6.56. The summed E-state index contributed by atoms with van der Waals surface area (Å²) in [6.45, 7) is 7.36. The van der Waals surface area contributed by atoms with Crippen LogP contribution in [-0.2, 0) is 25.7 Å². The number of carboxylic acids is 4. The first-order chi connectivity index (χ1) is 19.5. The normalized spacial score (nSPS) is 17.4. The highest BCUT2D eigenvalue weighted by molar-refractivity contribution is 6.38. The number of aliphatic carboxylic acids is 4. The predicted molar refractivity (Wildman–Crippen MR) is 156 cm³/mol. The minimum absolute atomic E-state index is 0.558. The van der Waals surface area contributed by atoms with Gasteiger partial charge in [0.25, 0.3) is 0 Å². The highest BCUT2D eigenvalue weighted by atomic mass is 35.5. The fraction of sp³-hybridized carbons (Fsp3) is 0.429. The molecule has 3 heterocycles. The molecule has 0 amide bonds. The van der Waals surface area contributed by atoms with Gasteiger partial charge in [-0.05, 0) is 57.0 Å². The average Bonchev–Trinajstić information content (AvgIpc) is 3.32. The number of piperidine rings is 1. The van der Waals surface area contributed by atoms with Crippen molar-refractivity contribution in [2.45, 2.75) is 44.7 Å². The van der Waals surface area contributed by atoms with Crippen LogP contribution in [0.25, 0.3) is 10.9 Å². The summed E-state index contributed by atoms with van der Waals surface area (Å²) in [5.41, 5.74) is 1.11. The molecule has 13 heteroatoms. The van der Waals surface area contributed by atoms with Gasteiger partial charge in [0.1, 0.15) is 0 Å². The molecule has 0 saturated carbocycles. The summed E-state index contributed by atoms with van der Waals surface area (Å²) >= 11 is 12.5. The van der Waals surface area contributed by atoms with Gasteiger partial charge in [0.2, 0.25) is 0 Å². The lowest BCUT2D eigenvalue weighted by Crippen LogP contribution is -2.54. The Bertz CT molecular complexity index is 1190. The second-order valence-electron chi connectivity index (χ2n) is 9.55. The maximum atomic E-state index is 9.55. The minimum atomic E-state index is -1.26. The van der Waals surface area contributed by atoms with Crippen molar-refractivity contribution >= 4 is 58.0 Å². The van der Waals surface area contributed by atoms with Crippen LogP contribution in [0.5, 0.6) is 0 Å². The minimum Gasteiger partial charge on any atom is -0.478 e. The Balaban J connectivity index is 0.000000304. The molecule has 2 aromatic rings. The van der Waals surface area contributed by atoms with E-state index in [-0.39, 0.29) is 0 Å². The first-order valence-corrected chi connectivity index (χ1v) is 13.9. The van der Waals surface area contributed by atoms with E-state index in [0.29, 0.717) is 29.3 Å². The number of hydrogen-bond acceptors (Lipinski definition) is 6. The second kappa shape index (κ2) is 17.4. The number of rotatable bonds is 9. The molecule has 224 valence electrons. The number of carboxylic acid groups (broad SMARTS) is 4. The molecule has 2 saturated heterocycles. The smallest absolute Gasteiger partial charge is 0.328 e. The molecular weight excluding hydrogens is 577 g/mol. The monoisotopic (exact) mass is 611 g/mol. The van der Waals surface area contributed by atoms with Crippen molar-refractivity contribution in [2.75, 3.05) is 32.7 Å². The van der Waals surface area contributed by atoms with Gasteiger partial charge in [0.15, 0.2) is 0 Å². The van der Waals surface area contributed by atoms with Crippen molar-refractivity contribution in [1.82, 2.24) is 14.4 Å². The summed E-state index contributed by atoms with van der Waals surface area (Å²) in [6, 6.07) is 6.75. The molecule has 4 rings (SSSR count). The number of piperazine rings is 1. The quantitative estimate of drug-likeness (QED) is 0.237. The SMILES string of the molecule is Clc1cc(Cl)c2c(ccn2CCCCN2CCN3CCCCC3C2)c1.O=C(O)C=CC(=O)O.O=C(O)C=CC(=O)O. The average molecular weight is 613 g/mol. The van der Waals surface area contributed by atoms with E-state index < -0.39 is 23.9 Å². The topological polar surface area (TPSA) is 161 Å². The third-order valence-corrected chi connectivity index (χ3v) is 7.07. The van der Waals surface area contributed by atoms with Crippen molar-refractivity contribution in [3.8, 4) is 0 Å². The number of benzene rings is 1. The molecule has 2 fully saturated rings. The van der Waals surface area contributed by atoms with Gasteiger partial charge in [-0.2, -0.15) is 0 Å². The van der Waals surface area contributed by atoms with Crippen LogP contribution < -0.4 is 0 Å². The molecule has 0 radical (unpaired) electrons. The van der Waals surface area contributed by atoms with Gasteiger partial charge in [-0.3, -0.25) is 4.90 Å². The molecule has 0 bridgehead atoms. The van der Waals surface area contributed by atoms with Crippen molar-refractivity contribution in [2.24, 2.45) is 0 Å².